The van der Waals surface area contributed by atoms with Gasteiger partial charge in [0.25, 0.3) is 10.1 Å². The van der Waals surface area contributed by atoms with E-state index < -0.39 is 40.7 Å². The van der Waals surface area contributed by atoms with E-state index in [1.807, 2.05) is 6.92 Å². The largest absolute Gasteiger partial charge is 0.462 e. The first-order valence-corrected chi connectivity index (χ1v) is 12.0. The van der Waals surface area contributed by atoms with Crippen molar-refractivity contribution < 1.29 is 36.7 Å². The molecule has 0 aliphatic carbocycles. The second-order valence-electron chi connectivity index (χ2n) is 7.76. The molecule has 1 aliphatic heterocycles. The monoisotopic (exact) mass is 484 g/mol. The van der Waals surface area contributed by atoms with E-state index in [1.165, 1.54) is 12.1 Å². The average molecular weight is 485 g/mol. The van der Waals surface area contributed by atoms with Crippen LogP contribution >= 0.6 is 0 Å². The van der Waals surface area contributed by atoms with Gasteiger partial charge >= 0.3 is 5.97 Å². The SMILES string of the molecule is Cc1ccc(S(=O)(=O)O[C@H]2[C@H](Oc3ccccc3)OC[C@@H](OC(=O)c3ccccc3)[C@@H]2O)cc1. The fourth-order valence-electron chi connectivity index (χ4n) is 3.38. The quantitative estimate of drug-likeness (QED) is 0.403. The molecule has 9 heteroatoms. The number of hydrogen-bond donors (Lipinski definition) is 1. The first kappa shape index (κ1) is 23.9. The molecule has 3 aromatic carbocycles. The number of carbonyl (C=O) groups excluding carboxylic acids is 1. The van der Waals surface area contributed by atoms with Crippen molar-refractivity contribution >= 4 is 16.1 Å². The molecule has 0 amide bonds. The summed E-state index contributed by atoms with van der Waals surface area (Å²) < 4.78 is 48.1. The Morgan fingerprint density at radius 2 is 1.56 bits per heavy atom. The van der Waals surface area contributed by atoms with E-state index in [2.05, 4.69) is 0 Å². The lowest BCUT2D eigenvalue weighted by Crippen LogP contribution is -2.57. The maximum Gasteiger partial charge on any atom is 0.338 e. The fourth-order valence-corrected chi connectivity index (χ4v) is 4.46. The van der Waals surface area contributed by atoms with Crippen LogP contribution < -0.4 is 4.74 Å². The standard InChI is InChI=1S/C25H24O8S/c1-17-12-14-20(15-13-17)34(28,29)33-23-22(26)21(32-24(27)18-8-4-2-5-9-18)16-30-25(23)31-19-10-6-3-7-11-19/h2-15,21-23,25-26H,16H2,1H3/t21-,22+,23-,25+/m1/s1. The van der Waals surface area contributed by atoms with Crippen LogP contribution in [0.5, 0.6) is 5.75 Å². The van der Waals surface area contributed by atoms with E-state index in [-0.39, 0.29) is 17.1 Å². The van der Waals surface area contributed by atoms with Crippen LogP contribution in [0.2, 0.25) is 0 Å². The zero-order chi connectivity index (χ0) is 24.1. The topological polar surface area (TPSA) is 108 Å². The highest BCUT2D eigenvalue weighted by Crippen LogP contribution is 2.28. The fraction of sp³-hybridized carbons (Fsp3) is 0.240. The third-order valence-electron chi connectivity index (χ3n) is 5.22. The first-order chi connectivity index (χ1) is 16.3. The molecule has 1 saturated heterocycles. The molecule has 0 spiro atoms. The molecule has 0 aromatic heterocycles. The Kier molecular flexibility index (Phi) is 7.28. The second kappa shape index (κ2) is 10.4. The third-order valence-corrected chi connectivity index (χ3v) is 6.55. The number of para-hydroxylation sites is 1. The van der Waals surface area contributed by atoms with E-state index in [4.69, 9.17) is 18.4 Å². The van der Waals surface area contributed by atoms with Gasteiger partial charge in [0, 0.05) is 0 Å². The summed E-state index contributed by atoms with van der Waals surface area (Å²) in [7, 11) is -4.30. The average Bonchev–Trinajstić information content (AvgIpc) is 2.84. The van der Waals surface area contributed by atoms with Crippen LogP contribution in [0.1, 0.15) is 15.9 Å². The molecule has 1 N–H and O–H groups in total. The number of hydrogen-bond acceptors (Lipinski definition) is 8. The van der Waals surface area contributed by atoms with Crippen LogP contribution in [0.25, 0.3) is 0 Å². The van der Waals surface area contributed by atoms with Crippen molar-refractivity contribution in [1.82, 2.24) is 0 Å². The van der Waals surface area contributed by atoms with Crippen molar-refractivity contribution in [2.45, 2.75) is 36.4 Å². The molecule has 4 atom stereocenters. The van der Waals surface area contributed by atoms with Gasteiger partial charge in [-0.05, 0) is 43.3 Å². The van der Waals surface area contributed by atoms with E-state index in [0.29, 0.717) is 5.75 Å². The van der Waals surface area contributed by atoms with Crippen molar-refractivity contribution in [3.05, 3.63) is 96.1 Å². The first-order valence-electron chi connectivity index (χ1n) is 10.6. The molecule has 4 rings (SSSR count). The van der Waals surface area contributed by atoms with Crippen molar-refractivity contribution in [1.29, 1.82) is 0 Å². The maximum absolute atomic E-state index is 13.0. The van der Waals surface area contributed by atoms with Crippen molar-refractivity contribution in [3.63, 3.8) is 0 Å². The molecule has 8 nitrogen and oxygen atoms in total. The van der Waals surface area contributed by atoms with Crippen LogP contribution in [0.4, 0.5) is 0 Å². The smallest absolute Gasteiger partial charge is 0.338 e. The summed E-state index contributed by atoms with van der Waals surface area (Å²) in [5, 5.41) is 11.0. The number of aliphatic hydroxyl groups excluding tert-OH is 1. The van der Waals surface area contributed by atoms with Gasteiger partial charge in [-0.3, -0.25) is 4.18 Å². The Hall–Kier alpha value is -3.24. The van der Waals surface area contributed by atoms with Crippen molar-refractivity contribution in [2.75, 3.05) is 6.61 Å². The minimum absolute atomic E-state index is 0.0906. The number of ether oxygens (including phenoxy) is 3. The Morgan fingerprint density at radius 1 is 0.941 bits per heavy atom. The highest BCUT2D eigenvalue weighted by Gasteiger charge is 2.46. The zero-order valence-electron chi connectivity index (χ0n) is 18.3. The van der Waals surface area contributed by atoms with E-state index in [1.54, 1.807) is 72.8 Å². The van der Waals surface area contributed by atoms with Crippen molar-refractivity contribution in [2.24, 2.45) is 0 Å². The van der Waals surface area contributed by atoms with Gasteiger partial charge < -0.3 is 19.3 Å². The van der Waals surface area contributed by atoms with Gasteiger partial charge in [0.05, 0.1) is 17.1 Å². The van der Waals surface area contributed by atoms with Crippen LogP contribution in [-0.4, -0.2) is 50.7 Å². The predicted molar refractivity (Wildman–Crippen MR) is 122 cm³/mol. The lowest BCUT2D eigenvalue weighted by molar-refractivity contribution is -0.233. The molecule has 0 radical (unpaired) electrons. The Labute approximate surface area is 197 Å². The molecule has 3 aromatic rings. The van der Waals surface area contributed by atoms with Gasteiger partial charge in [-0.1, -0.05) is 54.1 Å². The molecular formula is C25H24O8S. The van der Waals surface area contributed by atoms with Gasteiger partial charge in [0.1, 0.15) is 11.9 Å². The lowest BCUT2D eigenvalue weighted by atomic mass is 10.1. The second-order valence-corrected chi connectivity index (χ2v) is 9.33. The molecule has 1 heterocycles. The van der Waals surface area contributed by atoms with Gasteiger partial charge in [0.15, 0.2) is 12.2 Å². The Morgan fingerprint density at radius 3 is 2.21 bits per heavy atom. The van der Waals surface area contributed by atoms with E-state index >= 15 is 0 Å². The molecule has 0 bridgehead atoms. The molecule has 0 unspecified atom stereocenters. The summed E-state index contributed by atoms with van der Waals surface area (Å²) in [4.78, 5) is 12.4. The Balaban J connectivity index is 1.57. The highest BCUT2D eigenvalue weighted by molar-refractivity contribution is 7.86. The van der Waals surface area contributed by atoms with Crippen LogP contribution in [-0.2, 0) is 23.8 Å². The van der Waals surface area contributed by atoms with Gasteiger partial charge in [-0.15, -0.1) is 0 Å². The molecule has 1 fully saturated rings. The molecule has 34 heavy (non-hydrogen) atoms. The number of carbonyl (C=O) groups is 1. The Bertz CT molecular complexity index is 1200. The molecule has 178 valence electrons. The van der Waals surface area contributed by atoms with Crippen LogP contribution in [0.3, 0.4) is 0 Å². The molecule has 0 saturated carbocycles. The van der Waals surface area contributed by atoms with Crippen LogP contribution in [0.15, 0.2) is 89.8 Å². The van der Waals surface area contributed by atoms with Gasteiger partial charge in [-0.25, -0.2) is 4.79 Å². The number of aliphatic hydroxyl groups is 1. The summed E-state index contributed by atoms with van der Waals surface area (Å²) in [6, 6.07) is 22.9. The van der Waals surface area contributed by atoms with E-state index in [9.17, 15) is 18.3 Å². The van der Waals surface area contributed by atoms with Gasteiger partial charge in [0.2, 0.25) is 6.29 Å². The summed E-state index contributed by atoms with van der Waals surface area (Å²) in [5.41, 5.74) is 1.15. The predicted octanol–water partition coefficient (Wildman–Crippen LogP) is 3.09. The number of benzene rings is 3. The summed E-state index contributed by atoms with van der Waals surface area (Å²) in [6.45, 7) is 1.60. The normalized spacial score (nSPS) is 22.6. The number of esters is 1. The summed E-state index contributed by atoms with van der Waals surface area (Å²) in [6.07, 6.45) is -5.50. The van der Waals surface area contributed by atoms with E-state index in [0.717, 1.165) is 5.56 Å². The molecule has 1 aliphatic rings. The summed E-state index contributed by atoms with van der Waals surface area (Å²) in [5.74, 6) is -0.295. The third kappa shape index (κ3) is 5.63. The minimum atomic E-state index is -4.30. The maximum atomic E-state index is 13.0. The molecular weight excluding hydrogens is 460 g/mol. The number of rotatable bonds is 7. The minimum Gasteiger partial charge on any atom is -0.462 e. The van der Waals surface area contributed by atoms with Crippen molar-refractivity contribution in [3.8, 4) is 5.75 Å². The summed E-state index contributed by atoms with van der Waals surface area (Å²) >= 11 is 0. The van der Waals surface area contributed by atoms with Gasteiger partial charge in [-0.2, -0.15) is 8.42 Å². The number of aryl methyl sites for hydroxylation is 1. The highest BCUT2D eigenvalue weighted by atomic mass is 32.2. The zero-order valence-corrected chi connectivity index (χ0v) is 19.1. The van der Waals surface area contributed by atoms with Crippen LogP contribution in [0, 0.1) is 6.92 Å². The lowest BCUT2D eigenvalue weighted by Gasteiger charge is -2.38.